The predicted octanol–water partition coefficient (Wildman–Crippen LogP) is 3.64. The average Bonchev–Trinajstić information content (AvgIpc) is 2.62. The lowest BCUT2D eigenvalue weighted by Gasteiger charge is -2.22. The molecule has 2 atom stereocenters. The topological polar surface area (TPSA) is 68.2 Å². The van der Waals surface area contributed by atoms with Gasteiger partial charge in [-0.15, -0.1) is 6.58 Å². The molecule has 5 nitrogen and oxygen atoms in total. The quantitative estimate of drug-likeness (QED) is 0.716. The Labute approximate surface area is 148 Å². The van der Waals surface area contributed by atoms with Crippen LogP contribution in [0.25, 0.3) is 0 Å². The van der Waals surface area contributed by atoms with E-state index in [-0.39, 0.29) is 5.75 Å². The molecule has 0 aliphatic rings. The standard InChI is InChI=1S/C20H24O5/c1-5-6-14-7-10-17(19(11-14)24-4)25-13(2)20(22)15-8-9-16(21)18(12-15)23-3/h5,7-13,20-22H,1,6H2,2-4H3/t13-,20-/m1/s1. The van der Waals surface area contributed by atoms with Gasteiger partial charge in [0, 0.05) is 0 Å². The van der Waals surface area contributed by atoms with E-state index < -0.39 is 12.2 Å². The predicted molar refractivity (Wildman–Crippen MR) is 96.6 cm³/mol. The minimum Gasteiger partial charge on any atom is -0.504 e. The van der Waals surface area contributed by atoms with E-state index in [1.165, 1.54) is 13.2 Å². The Hall–Kier alpha value is -2.66. The van der Waals surface area contributed by atoms with E-state index >= 15 is 0 Å². The van der Waals surface area contributed by atoms with E-state index in [2.05, 4.69) is 6.58 Å². The molecule has 0 saturated carbocycles. The summed E-state index contributed by atoms with van der Waals surface area (Å²) in [6, 6.07) is 10.3. The van der Waals surface area contributed by atoms with Crippen molar-refractivity contribution in [1.82, 2.24) is 0 Å². The summed E-state index contributed by atoms with van der Waals surface area (Å²) in [4.78, 5) is 0. The van der Waals surface area contributed by atoms with Crippen LogP contribution in [0.5, 0.6) is 23.0 Å². The number of aromatic hydroxyl groups is 1. The molecular weight excluding hydrogens is 320 g/mol. The summed E-state index contributed by atoms with van der Waals surface area (Å²) in [5, 5.41) is 20.2. The number of rotatable bonds is 8. The second-order valence-corrected chi connectivity index (χ2v) is 5.68. The largest absolute Gasteiger partial charge is 0.504 e. The fraction of sp³-hybridized carbons (Fsp3) is 0.300. The van der Waals surface area contributed by atoms with Gasteiger partial charge in [0.05, 0.1) is 14.2 Å². The van der Waals surface area contributed by atoms with Crippen LogP contribution < -0.4 is 14.2 Å². The van der Waals surface area contributed by atoms with Crippen molar-refractivity contribution < 1.29 is 24.4 Å². The molecule has 2 rings (SSSR count). The van der Waals surface area contributed by atoms with Crippen molar-refractivity contribution in [3.05, 3.63) is 60.2 Å². The second kappa shape index (κ2) is 8.44. The van der Waals surface area contributed by atoms with Crippen molar-refractivity contribution in [3.63, 3.8) is 0 Å². The van der Waals surface area contributed by atoms with Crippen LogP contribution in [0.15, 0.2) is 49.1 Å². The molecule has 0 heterocycles. The number of phenolic OH excluding ortho intramolecular Hbond substituents is 1. The second-order valence-electron chi connectivity index (χ2n) is 5.68. The molecule has 25 heavy (non-hydrogen) atoms. The Morgan fingerprint density at radius 2 is 1.76 bits per heavy atom. The van der Waals surface area contributed by atoms with Gasteiger partial charge in [0.2, 0.25) is 0 Å². The van der Waals surface area contributed by atoms with E-state index in [1.807, 2.05) is 24.3 Å². The third-order valence-corrected chi connectivity index (χ3v) is 3.91. The van der Waals surface area contributed by atoms with Gasteiger partial charge in [-0.2, -0.15) is 0 Å². The molecule has 2 N–H and O–H groups in total. The van der Waals surface area contributed by atoms with Crippen LogP contribution >= 0.6 is 0 Å². The zero-order chi connectivity index (χ0) is 18.4. The maximum atomic E-state index is 10.5. The van der Waals surface area contributed by atoms with Gasteiger partial charge in [-0.05, 0) is 48.7 Å². The van der Waals surface area contributed by atoms with Crippen molar-refractivity contribution in [3.8, 4) is 23.0 Å². The summed E-state index contributed by atoms with van der Waals surface area (Å²) in [6.07, 6.45) is 1.13. The smallest absolute Gasteiger partial charge is 0.161 e. The van der Waals surface area contributed by atoms with E-state index in [9.17, 15) is 10.2 Å². The number of ether oxygens (including phenoxy) is 3. The van der Waals surface area contributed by atoms with Gasteiger partial charge in [0.15, 0.2) is 23.0 Å². The molecule has 0 unspecified atom stereocenters. The first-order chi connectivity index (χ1) is 12.0. The highest BCUT2D eigenvalue weighted by atomic mass is 16.5. The van der Waals surface area contributed by atoms with Crippen molar-refractivity contribution in [2.45, 2.75) is 25.6 Å². The Morgan fingerprint density at radius 1 is 1.04 bits per heavy atom. The third kappa shape index (κ3) is 4.45. The molecule has 0 bridgehead atoms. The van der Waals surface area contributed by atoms with Crippen LogP contribution in [0, 0.1) is 0 Å². The Bertz CT molecular complexity index is 726. The first kappa shape index (κ1) is 18.7. The highest BCUT2D eigenvalue weighted by Gasteiger charge is 2.21. The Kier molecular flexibility index (Phi) is 6.31. The van der Waals surface area contributed by atoms with Gasteiger partial charge >= 0.3 is 0 Å². The van der Waals surface area contributed by atoms with Gasteiger partial charge in [0.1, 0.15) is 12.2 Å². The number of aliphatic hydroxyl groups excluding tert-OH is 1. The molecule has 0 aliphatic heterocycles. The number of allylic oxidation sites excluding steroid dienone is 1. The van der Waals surface area contributed by atoms with E-state index in [0.29, 0.717) is 22.8 Å². The maximum absolute atomic E-state index is 10.5. The lowest BCUT2D eigenvalue weighted by molar-refractivity contribution is 0.0450. The number of phenols is 1. The summed E-state index contributed by atoms with van der Waals surface area (Å²) in [7, 11) is 3.03. The molecule has 0 spiro atoms. The SMILES string of the molecule is C=CCc1ccc(O[C@H](C)[C@@H](O)c2ccc(O)c(OC)c2)c(OC)c1. The van der Waals surface area contributed by atoms with Crippen molar-refractivity contribution in [2.75, 3.05) is 14.2 Å². The summed E-state index contributed by atoms with van der Waals surface area (Å²) in [5.74, 6) is 1.47. The summed E-state index contributed by atoms with van der Waals surface area (Å²) < 4.78 is 16.3. The monoisotopic (exact) mass is 344 g/mol. The molecule has 0 radical (unpaired) electrons. The summed E-state index contributed by atoms with van der Waals surface area (Å²) in [6.45, 7) is 5.49. The van der Waals surface area contributed by atoms with Crippen molar-refractivity contribution >= 4 is 0 Å². The molecule has 2 aromatic rings. The van der Waals surface area contributed by atoms with Gasteiger partial charge in [-0.25, -0.2) is 0 Å². The van der Waals surface area contributed by atoms with Crippen molar-refractivity contribution in [2.24, 2.45) is 0 Å². The summed E-state index contributed by atoms with van der Waals surface area (Å²) >= 11 is 0. The first-order valence-electron chi connectivity index (χ1n) is 7.99. The molecule has 0 fully saturated rings. The number of methoxy groups -OCH3 is 2. The zero-order valence-corrected chi connectivity index (χ0v) is 14.7. The molecule has 0 aliphatic carbocycles. The number of hydrogen-bond donors (Lipinski definition) is 2. The van der Waals surface area contributed by atoms with E-state index in [4.69, 9.17) is 14.2 Å². The molecule has 2 aromatic carbocycles. The lowest BCUT2D eigenvalue weighted by Crippen LogP contribution is -2.22. The fourth-order valence-corrected chi connectivity index (χ4v) is 2.52. The Morgan fingerprint density at radius 3 is 2.40 bits per heavy atom. The van der Waals surface area contributed by atoms with Gasteiger partial charge in [-0.1, -0.05) is 18.2 Å². The molecular formula is C20H24O5. The van der Waals surface area contributed by atoms with Gasteiger partial charge < -0.3 is 24.4 Å². The van der Waals surface area contributed by atoms with Crippen LogP contribution in [0.1, 0.15) is 24.2 Å². The molecule has 134 valence electrons. The van der Waals surface area contributed by atoms with Crippen molar-refractivity contribution in [1.29, 1.82) is 0 Å². The van der Waals surface area contributed by atoms with E-state index in [0.717, 1.165) is 12.0 Å². The molecule has 5 heteroatoms. The number of benzene rings is 2. The first-order valence-corrected chi connectivity index (χ1v) is 7.99. The molecule has 0 aromatic heterocycles. The van der Waals surface area contributed by atoms with E-state index in [1.54, 1.807) is 26.2 Å². The van der Waals surface area contributed by atoms with Gasteiger partial charge in [-0.3, -0.25) is 0 Å². The molecule has 0 amide bonds. The minimum atomic E-state index is -0.896. The number of aliphatic hydroxyl groups is 1. The lowest BCUT2D eigenvalue weighted by atomic mass is 10.0. The van der Waals surface area contributed by atoms with Crippen LogP contribution in [0.2, 0.25) is 0 Å². The number of hydrogen-bond acceptors (Lipinski definition) is 5. The van der Waals surface area contributed by atoms with Gasteiger partial charge in [0.25, 0.3) is 0 Å². The summed E-state index contributed by atoms with van der Waals surface area (Å²) in [5.41, 5.74) is 1.65. The third-order valence-electron chi connectivity index (χ3n) is 3.91. The highest BCUT2D eigenvalue weighted by molar-refractivity contribution is 5.44. The average molecular weight is 344 g/mol. The van der Waals surface area contributed by atoms with Crippen LogP contribution in [0.3, 0.4) is 0 Å². The van der Waals surface area contributed by atoms with Crippen LogP contribution in [-0.2, 0) is 6.42 Å². The maximum Gasteiger partial charge on any atom is 0.161 e. The fourth-order valence-electron chi connectivity index (χ4n) is 2.52. The van der Waals surface area contributed by atoms with Crippen LogP contribution in [-0.4, -0.2) is 30.5 Å². The zero-order valence-electron chi connectivity index (χ0n) is 14.7. The van der Waals surface area contributed by atoms with Crippen LogP contribution in [0.4, 0.5) is 0 Å². The Balaban J connectivity index is 2.18. The molecule has 0 saturated heterocycles. The normalized spacial score (nSPS) is 13.0. The minimum absolute atomic E-state index is 0.0199. The highest BCUT2D eigenvalue weighted by Crippen LogP contribution is 2.33.